The highest BCUT2D eigenvalue weighted by Gasteiger charge is 2.21. The van der Waals surface area contributed by atoms with Gasteiger partial charge >= 0.3 is 6.03 Å². The lowest BCUT2D eigenvalue weighted by molar-refractivity contribution is -0.128. The number of hydrogen-bond acceptors (Lipinski definition) is 3. The van der Waals surface area contributed by atoms with E-state index in [-0.39, 0.29) is 18.0 Å². The summed E-state index contributed by atoms with van der Waals surface area (Å²) in [6.07, 6.45) is 0.824. The van der Waals surface area contributed by atoms with Gasteiger partial charge in [-0.05, 0) is 36.8 Å². The zero-order valence-corrected chi connectivity index (χ0v) is 15.6. The van der Waals surface area contributed by atoms with Crippen LogP contribution in [0.25, 0.3) is 0 Å². The van der Waals surface area contributed by atoms with Gasteiger partial charge < -0.3 is 15.1 Å². The van der Waals surface area contributed by atoms with Crippen LogP contribution in [0.1, 0.15) is 38.8 Å². The van der Waals surface area contributed by atoms with Crippen LogP contribution < -0.4 is 5.32 Å². The molecule has 0 bridgehead atoms. The second-order valence-corrected chi connectivity index (χ2v) is 7.36. The average molecular weight is 350 g/mol. The molecule has 6 heteroatoms. The first-order valence-electron chi connectivity index (χ1n) is 8.55. The molecule has 0 saturated carbocycles. The molecule has 0 spiro atoms. The van der Waals surface area contributed by atoms with Crippen LogP contribution in [0.4, 0.5) is 4.79 Å². The van der Waals surface area contributed by atoms with Crippen molar-refractivity contribution >= 4 is 23.7 Å². The van der Waals surface area contributed by atoms with Crippen molar-refractivity contribution in [2.45, 2.75) is 38.1 Å². The molecule has 2 rings (SSSR count). The topological polar surface area (TPSA) is 52.7 Å². The van der Waals surface area contributed by atoms with Crippen molar-refractivity contribution in [1.82, 2.24) is 15.1 Å². The summed E-state index contributed by atoms with van der Waals surface area (Å²) >= 11 is 1.81. The number of urea groups is 1. The molecule has 1 aromatic rings. The van der Waals surface area contributed by atoms with Gasteiger partial charge in [0.25, 0.3) is 0 Å². The predicted molar refractivity (Wildman–Crippen MR) is 98.2 cm³/mol. The van der Waals surface area contributed by atoms with E-state index in [1.54, 1.807) is 16.7 Å². The predicted octanol–water partition coefficient (Wildman–Crippen LogP) is 3.12. The highest BCUT2D eigenvalue weighted by atomic mass is 32.2. The summed E-state index contributed by atoms with van der Waals surface area (Å²) < 4.78 is 0. The minimum Gasteiger partial charge on any atom is -0.341 e. The third-order valence-electron chi connectivity index (χ3n) is 4.26. The zero-order valence-electron chi connectivity index (χ0n) is 14.7. The summed E-state index contributed by atoms with van der Waals surface area (Å²) in [7, 11) is 0. The molecule has 1 aromatic carbocycles. The summed E-state index contributed by atoms with van der Waals surface area (Å²) in [5.41, 5.74) is 1.10. The lowest BCUT2D eigenvalue weighted by Gasteiger charge is -2.24. The minimum absolute atomic E-state index is 0.0367. The van der Waals surface area contributed by atoms with Crippen LogP contribution in [0, 0.1) is 0 Å². The lowest BCUT2D eigenvalue weighted by atomic mass is 10.1. The SMILES string of the molecule is CCSc1ccc([C@@H](C)NC(=O)N2CCCN(C(C)=O)CC2)cc1. The summed E-state index contributed by atoms with van der Waals surface area (Å²) in [5.74, 6) is 1.13. The van der Waals surface area contributed by atoms with Gasteiger partial charge in [-0.15, -0.1) is 11.8 Å². The fourth-order valence-corrected chi connectivity index (χ4v) is 3.48. The van der Waals surface area contributed by atoms with Gasteiger partial charge in [0, 0.05) is 38.0 Å². The fourth-order valence-electron chi connectivity index (χ4n) is 2.81. The maximum absolute atomic E-state index is 12.5. The van der Waals surface area contributed by atoms with Crippen LogP contribution in [0.15, 0.2) is 29.2 Å². The molecule has 1 aliphatic rings. The number of carbonyl (C=O) groups is 2. The van der Waals surface area contributed by atoms with Crippen molar-refractivity contribution < 1.29 is 9.59 Å². The molecule has 1 heterocycles. The molecule has 5 nitrogen and oxygen atoms in total. The summed E-state index contributed by atoms with van der Waals surface area (Å²) in [4.78, 5) is 28.8. The van der Waals surface area contributed by atoms with Crippen molar-refractivity contribution in [3.05, 3.63) is 29.8 Å². The Labute approximate surface area is 148 Å². The maximum atomic E-state index is 12.5. The number of carbonyl (C=O) groups excluding carboxylic acids is 2. The first-order valence-corrected chi connectivity index (χ1v) is 9.53. The van der Waals surface area contributed by atoms with Gasteiger partial charge in [0.2, 0.25) is 5.91 Å². The molecular formula is C18H27N3O2S. The van der Waals surface area contributed by atoms with Crippen molar-refractivity contribution in [3.63, 3.8) is 0 Å². The van der Waals surface area contributed by atoms with Gasteiger partial charge in [0.15, 0.2) is 0 Å². The van der Waals surface area contributed by atoms with Crippen LogP contribution in [0.2, 0.25) is 0 Å². The van der Waals surface area contributed by atoms with E-state index in [4.69, 9.17) is 0 Å². The highest BCUT2D eigenvalue weighted by molar-refractivity contribution is 7.99. The molecule has 0 aliphatic carbocycles. The molecule has 24 heavy (non-hydrogen) atoms. The molecule has 0 aromatic heterocycles. The standard InChI is InChI=1S/C18H27N3O2S/c1-4-24-17-8-6-16(7-9-17)14(2)19-18(23)21-11-5-10-20(12-13-21)15(3)22/h6-9,14H,4-5,10-13H2,1-3H3,(H,19,23)/t14-/m1/s1. The number of benzene rings is 1. The Morgan fingerprint density at radius 3 is 2.38 bits per heavy atom. The minimum atomic E-state index is -0.0556. The fraction of sp³-hybridized carbons (Fsp3) is 0.556. The Morgan fingerprint density at radius 1 is 1.12 bits per heavy atom. The summed E-state index contributed by atoms with van der Waals surface area (Å²) in [5, 5.41) is 3.07. The van der Waals surface area contributed by atoms with Crippen LogP contribution in [-0.4, -0.2) is 53.7 Å². The van der Waals surface area contributed by atoms with Crippen molar-refractivity contribution in [2.75, 3.05) is 31.9 Å². The van der Waals surface area contributed by atoms with Crippen LogP contribution >= 0.6 is 11.8 Å². The van der Waals surface area contributed by atoms with Gasteiger partial charge in [-0.2, -0.15) is 0 Å². The molecule has 1 fully saturated rings. The van der Waals surface area contributed by atoms with Crippen LogP contribution in [0.5, 0.6) is 0 Å². The Hall–Kier alpha value is -1.69. The third kappa shape index (κ3) is 5.16. The largest absolute Gasteiger partial charge is 0.341 e. The molecular weight excluding hydrogens is 322 g/mol. The van der Waals surface area contributed by atoms with E-state index >= 15 is 0 Å². The highest BCUT2D eigenvalue weighted by Crippen LogP contribution is 2.21. The normalized spacial score (nSPS) is 16.5. The Morgan fingerprint density at radius 2 is 1.75 bits per heavy atom. The van der Waals surface area contributed by atoms with Crippen LogP contribution in [-0.2, 0) is 4.79 Å². The molecule has 1 atom stereocenters. The van der Waals surface area contributed by atoms with Crippen LogP contribution in [0.3, 0.4) is 0 Å². The molecule has 0 radical (unpaired) electrons. The second kappa shape index (κ2) is 8.97. The quantitative estimate of drug-likeness (QED) is 0.850. The number of amides is 3. The monoisotopic (exact) mass is 349 g/mol. The maximum Gasteiger partial charge on any atom is 0.317 e. The first-order chi connectivity index (χ1) is 11.5. The first kappa shape index (κ1) is 18.6. The average Bonchev–Trinajstić information content (AvgIpc) is 2.82. The van der Waals surface area contributed by atoms with Gasteiger partial charge in [-0.1, -0.05) is 19.1 Å². The van der Waals surface area contributed by atoms with Crippen molar-refractivity contribution in [3.8, 4) is 0 Å². The molecule has 132 valence electrons. The van der Waals surface area contributed by atoms with E-state index in [0.29, 0.717) is 19.6 Å². The van der Waals surface area contributed by atoms with Crippen molar-refractivity contribution in [2.24, 2.45) is 0 Å². The molecule has 3 amide bonds. The number of hydrogen-bond donors (Lipinski definition) is 1. The van der Waals surface area contributed by atoms with Gasteiger partial charge in [-0.3, -0.25) is 4.79 Å². The second-order valence-electron chi connectivity index (χ2n) is 6.02. The van der Waals surface area contributed by atoms with E-state index < -0.39 is 0 Å². The summed E-state index contributed by atoms with van der Waals surface area (Å²) in [6, 6.07) is 8.25. The van der Waals surface area contributed by atoms with Gasteiger partial charge in [0.1, 0.15) is 0 Å². The number of nitrogens with one attached hydrogen (secondary N) is 1. The van der Waals surface area contributed by atoms with E-state index in [9.17, 15) is 9.59 Å². The van der Waals surface area contributed by atoms with E-state index in [1.807, 2.05) is 18.7 Å². The molecule has 0 unspecified atom stereocenters. The van der Waals surface area contributed by atoms with Gasteiger partial charge in [0.05, 0.1) is 6.04 Å². The third-order valence-corrected chi connectivity index (χ3v) is 5.15. The molecule has 1 N–H and O–H groups in total. The van der Waals surface area contributed by atoms with Crippen molar-refractivity contribution in [1.29, 1.82) is 0 Å². The molecule has 1 aliphatic heterocycles. The summed E-state index contributed by atoms with van der Waals surface area (Å²) in [6.45, 7) is 8.33. The number of nitrogens with zero attached hydrogens (tertiary/aromatic N) is 2. The van der Waals surface area contributed by atoms with E-state index in [1.165, 1.54) is 4.90 Å². The zero-order chi connectivity index (χ0) is 17.5. The van der Waals surface area contributed by atoms with Gasteiger partial charge in [-0.25, -0.2) is 4.79 Å². The Balaban J connectivity index is 1.89. The Kier molecular flexibility index (Phi) is 6.97. The lowest BCUT2D eigenvalue weighted by Crippen LogP contribution is -2.43. The van der Waals surface area contributed by atoms with E-state index in [2.05, 4.69) is 36.5 Å². The molecule has 1 saturated heterocycles. The van der Waals surface area contributed by atoms with E-state index in [0.717, 1.165) is 24.3 Å². The number of rotatable bonds is 4. The smallest absolute Gasteiger partial charge is 0.317 e. The number of thioether (sulfide) groups is 1. The Bertz CT molecular complexity index is 562.